The van der Waals surface area contributed by atoms with Crippen LogP contribution in [-0.4, -0.2) is 14.9 Å². The number of fused-ring (bicyclic) bond motifs is 1. The molecule has 4 rings (SSSR count). The number of aryl methyl sites for hydroxylation is 2. The summed E-state index contributed by atoms with van der Waals surface area (Å²) in [6.45, 7) is 4.37. The van der Waals surface area contributed by atoms with Crippen LogP contribution in [0.2, 0.25) is 5.02 Å². The van der Waals surface area contributed by atoms with E-state index in [-0.39, 0.29) is 23.2 Å². The highest BCUT2D eigenvalue weighted by Crippen LogP contribution is 2.34. The SMILES string of the molecule is Cc1cc(C)c(COc2nccc3c([N+](=O)[O-])cc(Cl)cc23)c(OCc2ccccc2)n1. The topological polar surface area (TPSA) is 87.4 Å². The lowest BCUT2D eigenvalue weighted by Gasteiger charge is -2.15. The number of rotatable bonds is 7. The normalized spacial score (nSPS) is 10.8. The van der Waals surface area contributed by atoms with Gasteiger partial charge in [0.15, 0.2) is 0 Å². The number of aromatic nitrogens is 2. The van der Waals surface area contributed by atoms with Crippen molar-refractivity contribution in [2.45, 2.75) is 27.1 Å². The molecule has 0 atom stereocenters. The highest BCUT2D eigenvalue weighted by atomic mass is 35.5. The zero-order valence-corrected chi connectivity index (χ0v) is 18.3. The molecule has 0 saturated carbocycles. The van der Waals surface area contributed by atoms with E-state index in [0.29, 0.717) is 23.3 Å². The molecule has 162 valence electrons. The van der Waals surface area contributed by atoms with Crippen molar-refractivity contribution in [3.05, 3.63) is 98.3 Å². The Kier molecular flexibility index (Phi) is 6.18. The molecule has 2 aromatic heterocycles. The first kappa shape index (κ1) is 21.5. The van der Waals surface area contributed by atoms with E-state index in [1.54, 1.807) is 12.1 Å². The Morgan fingerprint density at radius 2 is 1.72 bits per heavy atom. The molecule has 8 heteroatoms. The summed E-state index contributed by atoms with van der Waals surface area (Å²) in [5.41, 5.74) is 3.50. The molecule has 0 aliphatic carbocycles. The largest absolute Gasteiger partial charge is 0.472 e. The number of nitro benzene ring substituents is 1. The van der Waals surface area contributed by atoms with Gasteiger partial charge in [-0.3, -0.25) is 10.1 Å². The van der Waals surface area contributed by atoms with E-state index in [1.807, 2.05) is 50.2 Å². The Morgan fingerprint density at radius 3 is 2.47 bits per heavy atom. The Labute approximate surface area is 189 Å². The van der Waals surface area contributed by atoms with Crippen LogP contribution in [-0.2, 0) is 13.2 Å². The monoisotopic (exact) mass is 449 g/mol. The minimum atomic E-state index is -0.471. The molecule has 32 heavy (non-hydrogen) atoms. The number of ether oxygens (including phenoxy) is 2. The molecule has 0 saturated heterocycles. The zero-order valence-electron chi connectivity index (χ0n) is 17.5. The summed E-state index contributed by atoms with van der Waals surface area (Å²) < 4.78 is 12.0. The number of nitrogens with zero attached hydrogens (tertiary/aromatic N) is 3. The number of pyridine rings is 2. The first-order valence-corrected chi connectivity index (χ1v) is 10.3. The molecule has 0 spiro atoms. The van der Waals surface area contributed by atoms with Crippen LogP contribution in [0, 0.1) is 24.0 Å². The molecule has 0 unspecified atom stereocenters. The molecule has 0 radical (unpaired) electrons. The second kappa shape index (κ2) is 9.20. The lowest BCUT2D eigenvalue weighted by atomic mass is 10.1. The van der Waals surface area contributed by atoms with Crippen LogP contribution in [0.15, 0.2) is 60.8 Å². The van der Waals surface area contributed by atoms with E-state index in [2.05, 4.69) is 9.97 Å². The fraction of sp³-hybridized carbons (Fsp3) is 0.167. The first-order valence-electron chi connectivity index (χ1n) is 9.91. The molecule has 0 amide bonds. The standard InChI is InChI=1S/C24H20ClN3O4/c1-15-10-16(2)27-24(31-13-17-6-4-3-5-7-17)21(15)14-32-23-20-11-18(25)12-22(28(29)30)19(20)8-9-26-23/h3-12H,13-14H2,1-2H3. The van der Waals surface area contributed by atoms with Crippen LogP contribution < -0.4 is 9.47 Å². The van der Waals surface area contributed by atoms with Gasteiger partial charge in [0, 0.05) is 23.0 Å². The van der Waals surface area contributed by atoms with Crippen LogP contribution in [0.3, 0.4) is 0 Å². The van der Waals surface area contributed by atoms with Crippen LogP contribution in [0.25, 0.3) is 10.8 Å². The van der Waals surface area contributed by atoms with E-state index < -0.39 is 4.92 Å². The fourth-order valence-corrected chi connectivity index (χ4v) is 3.67. The van der Waals surface area contributed by atoms with Crippen molar-refractivity contribution in [1.29, 1.82) is 0 Å². The quantitative estimate of drug-likeness (QED) is 0.255. The summed E-state index contributed by atoms with van der Waals surface area (Å²) in [4.78, 5) is 19.8. The van der Waals surface area contributed by atoms with Crippen molar-refractivity contribution in [3.63, 3.8) is 0 Å². The summed E-state index contributed by atoms with van der Waals surface area (Å²) in [5.74, 6) is 0.734. The average molecular weight is 450 g/mol. The van der Waals surface area contributed by atoms with E-state index >= 15 is 0 Å². The maximum absolute atomic E-state index is 11.4. The number of halogens is 1. The van der Waals surface area contributed by atoms with E-state index in [9.17, 15) is 10.1 Å². The maximum Gasteiger partial charge on any atom is 0.278 e. The Hall–Kier alpha value is -3.71. The molecule has 0 aliphatic rings. The summed E-state index contributed by atoms with van der Waals surface area (Å²) in [6, 6.07) is 16.3. The minimum Gasteiger partial charge on any atom is -0.472 e. The fourth-order valence-electron chi connectivity index (χ4n) is 3.46. The first-order chi connectivity index (χ1) is 15.4. The third-order valence-electron chi connectivity index (χ3n) is 4.99. The molecule has 2 aromatic carbocycles. The predicted octanol–water partition coefficient (Wildman–Crippen LogP) is 5.97. The zero-order chi connectivity index (χ0) is 22.7. The second-order valence-electron chi connectivity index (χ2n) is 7.32. The van der Waals surface area contributed by atoms with Gasteiger partial charge in [0.1, 0.15) is 13.2 Å². The highest BCUT2D eigenvalue weighted by Gasteiger charge is 2.18. The van der Waals surface area contributed by atoms with Gasteiger partial charge in [-0.1, -0.05) is 41.9 Å². The minimum absolute atomic E-state index is 0.0974. The van der Waals surface area contributed by atoms with Crippen molar-refractivity contribution in [3.8, 4) is 11.8 Å². The van der Waals surface area contributed by atoms with Crippen molar-refractivity contribution in [2.24, 2.45) is 0 Å². The Morgan fingerprint density at radius 1 is 0.969 bits per heavy atom. The summed E-state index contributed by atoms with van der Waals surface area (Å²) in [6.07, 6.45) is 1.48. The number of non-ortho nitro benzene ring substituents is 1. The lowest BCUT2D eigenvalue weighted by molar-refractivity contribution is -0.383. The van der Waals surface area contributed by atoms with Gasteiger partial charge in [-0.25, -0.2) is 9.97 Å². The van der Waals surface area contributed by atoms with Crippen LogP contribution in [0.1, 0.15) is 22.4 Å². The molecule has 0 N–H and O–H groups in total. The van der Waals surface area contributed by atoms with Crippen molar-refractivity contribution in [2.75, 3.05) is 0 Å². The van der Waals surface area contributed by atoms with Gasteiger partial charge in [-0.15, -0.1) is 0 Å². The van der Waals surface area contributed by atoms with Crippen LogP contribution >= 0.6 is 11.6 Å². The van der Waals surface area contributed by atoms with Gasteiger partial charge in [0.05, 0.1) is 21.3 Å². The van der Waals surface area contributed by atoms with Gasteiger partial charge < -0.3 is 9.47 Å². The van der Waals surface area contributed by atoms with E-state index in [1.165, 1.54) is 12.3 Å². The predicted molar refractivity (Wildman–Crippen MR) is 122 cm³/mol. The number of hydrogen-bond acceptors (Lipinski definition) is 6. The number of hydrogen-bond donors (Lipinski definition) is 0. The number of nitro groups is 1. The number of benzene rings is 2. The maximum atomic E-state index is 11.4. The van der Waals surface area contributed by atoms with Crippen LogP contribution in [0.5, 0.6) is 11.8 Å². The molecular formula is C24H20ClN3O4. The van der Waals surface area contributed by atoms with Gasteiger partial charge in [-0.2, -0.15) is 0 Å². The lowest BCUT2D eigenvalue weighted by Crippen LogP contribution is -2.07. The van der Waals surface area contributed by atoms with Gasteiger partial charge >= 0.3 is 0 Å². The Bertz CT molecular complexity index is 1300. The van der Waals surface area contributed by atoms with E-state index in [4.69, 9.17) is 21.1 Å². The molecule has 7 nitrogen and oxygen atoms in total. The van der Waals surface area contributed by atoms with Gasteiger partial charge in [0.25, 0.3) is 5.69 Å². The Balaban J connectivity index is 1.64. The third-order valence-corrected chi connectivity index (χ3v) is 5.21. The van der Waals surface area contributed by atoms with Crippen molar-refractivity contribution < 1.29 is 14.4 Å². The molecule has 2 heterocycles. The second-order valence-corrected chi connectivity index (χ2v) is 7.76. The smallest absolute Gasteiger partial charge is 0.278 e. The van der Waals surface area contributed by atoms with E-state index in [0.717, 1.165) is 22.4 Å². The van der Waals surface area contributed by atoms with Gasteiger partial charge in [0.2, 0.25) is 11.8 Å². The average Bonchev–Trinajstić information content (AvgIpc) is 2.77. The molecular weight excluding hydrogens is 430 g/mol. The molecule has 4 aromatic rings. The molecule has 0 fully saturated rings. The van der Waals surface area contributed by atoms with Crippen LogP contribution in [0.4, 0.5) is 5.69 Å². The summed E-state index contributed by atoms with van der Waals surface area (Å²) in [7, 11) is 0. The van der Waals surface area contributed by atoms with Gasteiger partial charge in [-0.05, 0) is 43.2 Å². The van der Waals surface area contributed by atoms with Crippen molar-refractivity contribution >= 4 is 28.1 Å². The third kappa shape index (κ3) is 4.63. The summed E-state index contributed by atoms with van der Waals surface area (Å²) >= 11 is 6.11. The molecule has 0 aliphatic heterocycles. The highest BCUT2D eigenvalue weighted by molar-refractivity contribution is 6.31. The molecule has 0 bridgehead atoms. The van der Waals surface area contributed by atoms with Crippen molar-refractivity contribution in [1.82, 2.24) is 9.97 Å². The summed E-state index contributed by atoms with van der Waals surface area (Å²) in [5, 5.41) is 12.5.